The molecule has 0 unspecified atom stereocenters. The number of methoxy groups -OCH3 is 1. The Hall–Kier alpha value is -1.39. The summed E-state index contributed by atoms with van der Waals surface area (Å²) in [5, 5.41) is 10.4. The topological polar surface area (TPSA) is 49.8 Å². The second-order valence-corrected chi connectivity index (χ2v) is 7.27. The average Bonchev–Trinajstić information content (AvgIpc) is 2.63. The number of likely N-dealkylation sites (N-methyl/N-ethyl adjacent to an activating group) is 1. The van der Waals surface area contributed by atoms with E-state index < -0.39 is 5.60 Å². The number of carbonyl (C=O) groups excluding carboxylic acids is 1. The Morgan fingerprint density at radius 1 is 1.20 bits per heavy atom. The summed E-state index contributed by atoms with van der Waals surface area (Å²) in [6.45, 7) is 6.07. The standard InChI is InChI=1S/C21H33NO3/c1-4-17-6-8-18(9-7-17)12-15-22(5-2)20(23)19-10-13-21(24,14-11-19)16-25-3/h6-9,19,24H,4-5,10-16H2,1-3H3. The molecule has 1 aliphatic carbocycles. The molecule has 140 valence electrons. The molecule has 1 fully saturated rings. The fourth-order valence-corrected chi connectivity index (χ4v) is 3.70. The minimum Gasteiger partial charge on any atom is -0.387 e. The second kappa shape index (κ2) is 9.35. The number of carbonyl (C=O) groups is 1. The molecule has 1 N–H and O–H groups in total. The van der Waals surface area contributed by atoms with Crippen LogP contribution in [-0.2, 0) is 22.4 Å². The molecule has 1 saturated carbocycles. The van der Waals surface area contributed by atoms with E-state index in [-0.39, 0.29) is 11.8 Å². The van der Waals surface area contributed by atoms with Gasteiger partial charge in [-0.25, -0.2) is 0 Å². The highest BCUT2D eigenvalue weighted by atomic mass is 16.5. The molecule has 4 nitrogen and oxygen atoms in total. The van der Waals surface area contributed by atoms with Crippen molar-refractivity contribution in [3.8, 4) is 0 Å². The van der Waals surface area contributed by atoms with Crippen LogP contribution in [0.4, 0.5) is 0 Å². The SMILES string of the molecule is CCc1ccc(CCN(CC)C(=O)C2CCC(O)(COC)CC2)cc1. The van der Waals surface area contributed by atoms with Gasteiger partial charge in [-0.3, -0.25) is 4.79 Å². The number of benzene rings is 1. The minimum atomic E-state index is -0.746. The average molecular weight is 347 g/mol. The Balaban J connectivity index is 1.86. The van der Waals surface area contributed by atoms with Crippen LogP contribution in [0.25, 0.3) is 0 Å². The van der Waals surface area contributed by atoms with E-state index in [9.17, 15) is 9.90 Å². The predicted molar refractivity (Wildman–Crippen MR) is 101 cm³/mol. The zero-order valence-corrected chi connectivity index (χ0v) is 16.0. The van der Waals surface area contributed by atoms with Crippen molar-refractivity contribution in [3.63, 3.8) is 0 Å². The number of hydrogen-bond donors (Lipinski definition) is 1. The van der Waals surface area contributed by atoms with E-state index in [2.05, 4.69) is 31.2 Å². The lowest BCUT2D eigenvalue weighted by molar-refractivity contribution is -0.139. The maximum atomic E-state index is 12.8. The van der Waals surface area contributed by atoms with Crippen molar-refractivity contribution >= 4 is 5.91 Å². The number of nitrogens with zero attached hydrogens (tertiary/aromatic N) is 1. The molecule has 2 rings (SSSR count). The summed E-state index contributed by atoms with van der Waals surface area (Å²) in [5.41, 5.74) is 1.88. The number of rotatable bonds is 8. The van der Waals surface area contributed by atoms with Gasteiger partial charge in [0.1, 0.15) is 0 Å². The third-order valence-electron chi connectivity index (χ3n) is 5.47. The molecule has 0 bridgehead atoms. The Labute approximate surface area is 152 Å². The van der Waals surface area contributed by atoms with Gasteiger partial charge in [0.25, 0.3) is 0 Å². The van der Waals surface area contributed by atoms with Gasteiger partial charge in [0.15, 0.2) is 0 Å². The largest absolute Gasteiger partial charge is 0.387 e. The summed E-state index contributed by atoms with van der Waals surface area (Å²) in [4.78, 5) is 14.8. The summed E-state index contributed by atoms with van der Waals surface area (Å²) in [5.74, 6) is 0.284. The molecule has 0 aromatic heterocycles. The number of amides is 1. The van der Waals surface area contributed by atoms with Crippen molar-refractivity contribution in [2.24, 2.45) is 5.92 Å². The zero-order chi connectivity index (χ0) is 18.3. The van der Waals surface area contributed by atoms with Crippen molar-refractivity contribution in [2.75, 3.05) is 26.8 Å². The molecule has 25 heavy (non-hydrogen) atoms. The molecule has 0 heterocycles. The number of aliphatic hydroxyl groups is 1. The van der Waals surface area contributed by atoms with Crippen LogP contribution < -0.4 is 0 Å². The summed E-state index contributed by atoms with van der Waals surface area (Å²) < 4.78 is 5.11. The molecular formula is C21H33NO3. The fraction of sp³-hybridized carbons (Fsp3) is 0.667. The summed E-state index contributed by atoms with van der Waals surface area (Å²) in [7, 11) is 1.61. The van der Waals surface area contributed by atoms with Crippen LogP contribution in [0.15, 0.2) is 24.3 Å². The van der Waals surface area contributed by atoms with Gasteiger partial charge in [-0.1, -0.05) is 31.2 Å². The van der Waals surface area contributed by atoms with Crippen LogP contribution in [0.1, 0.15) is 50.7 Å². The third-order valence-corrected chi connectivity index (χ3v) is 5.47. The molecule has 0 radical (unpaired) electrons. The molecule has 0 aliphatic heterocycles. The molecule has 1 aliphatic rings. The van der Waals surface area contributed by atoms with Crippen LogP contribution in [0.3, 0.4) is 0 Å². The van der Waals surface area contributed by atoms with E-state index >= 15 is 0 Å². The van der Waals surface area contributed by atoms with Crippen LogP contribution in [-0.4, -0.2) is 48.3 Å². The smallest absolute Gasteiger partial charge is 0.225 e. The molecule has 0 spiro atoms. The quantitative estimate of drug-likeness (QED) is 0.785. The summed E-state index contributed by atoms with van der Waals surface area (Å²) in [6, 6.07) is 8.68. The molecule has 0 saturated heterocycles. The fourth-order valence-electron chi connectivity index (χ4n) is 3.70. The Morgan fingerprint density at radius 3 is 2.32 bits per heavy atom. The van der Waals surface area contributed by atoms with Crippen molar-refractivity contribution in [1.82, 2.24) is 4.90 Å². The highest BCUT2D eigenvalue weighted by Gasteiger charge is 2.36. The van der Waals surface area contributed by atoms with E-state index in [0.29, 0.717) is 19.4 Å². The first-order chi connectivity index (χ1) is 12.0. The molecule has 1 amide bonds. The molecule has 1 aromatic carbocycles. The van der Waals surface area contributed by atoms with E-state index in [1.165, 1.54) is 11.1 Å². The highest BCUT2D eigenvalue weighted by molar-refractivity contribution is 5.79. The van der Waals surface area contributed by atoms with E-state index in [0.717, 1.165) is 38.8 Å². The molecule has 0 atom stereocenters. The first kappa shape index (κ1) is 19.9. The lowest BCUT2D eigenvalue weighted by Crippen LogP contribution is -2.44. The maximum absolute atomic E-state index is 12.8. The lowest BCUT2D eigenvalue weighted by Gasteiger charge is -2.36. The van der Waals surface area contributed by atoms with Crippen LogP contribution in [0.2, 0.25) is 0 Å². The van der Waals surface area contributed by atoms with Gasteiger partial charge >= 0.3 is 0 Å². The maximum Gasteiger partial charge on any atom is 0.225 e. The third kappa shape index (κ3) is 5.55. The van der Waals surface area contributed by atoms with Crippen LogP contribution >= 0.6 is 0 Å². The first-order valence-electron chi connectivity index (χ1n) is 9.59. The summed E-state index contributed by atoms with van der Waals surface area (Å²) in [6.07, 6.45) is 4.74. The highest BCUT2D eigenvalue weighted by Crippen LogP contribution is 2.33. The van der Waals surface area contributed by atoms with Gasteiger partial charge in [-0.2, -0.15) is 0 Å². The van der Waals surface area contributed by atoms with Crippen molar-refractivity contribution in [1.29, 1.82) is 0 Å². The second-order valence-electron chi connectivity index (χ2n) is 7.27. The van der Waals surface area contributed by atoms with Crippen molar-refractivity contribution in [2.45, 2.75) is 58.0 Å². The molecule has 1 aromatic rings. The van der Waals surface area contributed by atoms with Gasteiger partial charge in [0, 0.05) is 26.1 Å². The molecular weight excluding hydrogens is 314 g/mol. The van der Waals surface area contributed by atoms with E-state index in [1.807, 2.05) is 11.8 Å². The monoisotopic (exact) mass is 347 g/mol. The lowest BCUT2D eigenvalue weighted by atomic mass is 9.78. The first-order valence-corrected chi connectivity index (χ1v) is 9.59. The van der Waals surface area contributed by atoms with Crippen molar-refractivity contribution in [3.05, 3.63) is 35.4 Å². The van der Waals surface area contributed by atoms with Gasteiger partial charge in [-0.15, -0.1) is 0 Å². The Kier molecular flexibility index (Phi) is 7.45. The van der Waals surface area contributed by atoms with Crippen LogP contribution in [0, 0.1) is 5.92 Å². The number of ether oxygens (including phenoxy) is 1. The van der Waals surface area contributed by atoms with Gasteiger partial charge in [0.2, 0.25) is 5.91 Å². The van der Waals surface area contributed by atoms with Gasteiger partial charge in [0.05, 0.1) is 12.2 Å². The van der Waals surface area contributed by atoms with E-state index in [4.69, 9.17) is 4.74 Å². The number of aryl methyl sites for hydroxylation is 1. The van der Waals surface area contributed by atoms with Gasteiger partial charge < -0.3 is 14.7 Å². The van der Waals surface area contributed by atoms with Gasteiger partial charge in [-0.05, 0) is 56.6 Å². The Morgan fingerprint density at radius 2 is 1.80 bits per heavy atom. The summed E-state index contributed by atoms with van der Waals surface area (Å²) >= 11 is 0. The van der Waals surface area contributed by atoms with E-state index in [1.54, 1.807) is 7.11 Å². The normalized spacial score (nSPS) is 23.4. The molecule has 4 heteroatoms. The zero-order valence-electron chi connectivity index (χ0n) is 16.0. The Bertz CT molecular complexity index is 533. The van der Waals surface area contributed by atoms with Crippen LogP contribution in [0.5, 0.6) is 0 Å². The number of hydrogen-bond acceptors (Lipinski definition) is 3. The predicted octanol–water partition coefficient (Wildman–Crippen LogP) is 3.21. The minimum absolute atomic E-state index is 0.0412. The van der Waals surface area contributed by atoms with Crippen molar-refractivity contribution < 1.29 is 14.6 Å².